The van der Waals surface area contributed by atoms with Gasteiger partial charge in [-0.1, -0.05) is 58.4 Å². The van der Waals surface area contributed by atoms with Gasteiger partial charge in [-0.2, -0.15) is 0 Å². The lowest BCUT2D eigenvalue weighted by Crippen LogP contribution is -2.51. The maximum atomic E-state index is 13.4. The van der Waals surface area contributed by atoms with Crippen molar-refractivity contribution in [2.24, 2.45) is 0 Å². The number of hydrogen-bond acceptors (Lipinski definition) is 3. The number of carbonyl (C=O) groups excluding carboxylic acids is 2. The molecule has 3 rings (SSSR count). The molecule has 3 aromatic carbocycles. The summed E-state index contributed by atoms with van der Waals surface area (Å²) in [5.41, 5.74) is 1.91. The molecule has 0 saturated heterocycles. The fourth-order valence-electron chi connectivity index (χ4n) is 3.44. The van der Waals surface area contributed by atoms with Crippen molar-refractivity contribution in [3.8, 4) is 5.75 Å². The minimum atomic E-state index is -0.667. The first-order valence-corrected chi connectivity index (χ1v) is 12.6. The van der Waals surface area contributed by atoms with Crippen LogP contribution >= 0.6 is 38.5 Å². The molecule has 1 atom stereocenters. The van der Waals surface area contributed by atoms with Crippen LogP contribution in [0.1, 0.15) is 18.1 Å². The Morgan fingerprint density at radius 1 is 1.00 bits per heavy atom. The lowest BCUT2D eigenvalue weighted by Gasteiger charge is -2.31. The first-order valence-electron chi connectivity index (χ1n) is 10.7. The first kappa shape index (κ1) is 25.2. The highest BCUT2D eigenvalue weighted by Crippen LogP contribution is 2.19. The van der Waals surface area contributed by atoms with Crippen LogP contribution in [-0.2, 0) is 22.6 Å². The summed E-state index contributed by atoms with van der Waals surface area (Å²) in [5.74, 6) is 0.184. The second kappa shape index (κ2) is 12.7. The van der Waals surface area contributed by atoms with E-state index in [0.29, 0.717) is 25.3 Å². The van der Waals surface area contributed by atoms with Crippen LogP contribution in [0.5, 0.6) is 5.75 Å². The Balaban J connectivity index is 1.88. The van der Waals surface area contributed by atoms with Crippen molar-refractivity contribution in [1.82, 2.24) is 10.2 Å². The summed E-state index contributed by atoms with van der Waals surface area (Å²) in [4.78, 5) is 28.1. The molecule has 5 nitrogen and oxygen atoms in total. The van der Waals surface area contributed by atoms with E-state index in [9.17, 15) is 9.59 Å². The molecule has 0 aliphatic carbocycles. The van der Waals surface area contributed by atoms with Crippen LogP contribution in [-0.4, -0.2) is 35.9 Å². The van der Waals surface area contributed by atoms with Gasteiger partial charge in [0.25, 0.3) is 5.91 Å². The molecule has 0 spiro atoms. The number of halogens is 2. The van der Waals surface area contributed by atoms with E-state index in [4.69, 9.17) is 4.74 Å². The third-order valence-electron chi connectivity index (χ3n) is 5.04. The van der Waals surface area contributed by atoms with E-state index in [1.54, 1.807) is 4.90 Å². The molecule has 1 N–H and O–H groups in total. The van der Waals surface area contributed by atoms with Crippen LogP contribution in [0.15, 0.2) is 83.3 Å². The number of benzene rings is 3. The van der Waals surface area contributed by atoms with Gasteiger partial charge in [0.2, 0.25) is 5.91 Å². The SMILES string of the molecule is CCNC(=O)[C@@H](Cc1ccccc1)N(Cc1cccc(Br)c1)C(=O)COc1ccc(I)cc1. The summed E-state index contributed by atoms with van der Waals surface area (Å²) < 4.78 is 7.77. The average Bonchev–Trinajstić information content (AvgIpc) is 2.81. The Morgan fingerprint density at radius 3 is 2.36 bits per heavy atom. The number of nitrogens with zero attached hydrogens (tertiary/aromatic N) is 1. The number of likely N-dealkylation sites (N-methyl/N-ethyl adjacent to an activating group) is 1. The zero-order chi connectivity index (χ0) is 23.6. The Morgan fingerprint density at radius 2 is 1.70 bits per heavy atom. The Hall–Kier alpha value is -2.39. The van der Waals surface area contributed by atoms with Crippen molar-refractivity contribution >= 4 is 50.3 Å². The number of rotatable bonds is 10. The predicted molar refractivity (Wildman–Crippen MR) is 142 cm³/mol. The van der Waals surface area contributed by atoms with Gasteiger partial charge in [-0.05, 0) is 77.0 Å². The van der Waals surface area contributed by atoms with E-state index < -0.39 is 6.04 Å². The molecule has 0 fully saturated rings. The quantitative estimate of drug-likeness (QED) is 0.317. The zero-order valence-electron chi connectivity index (χ0n) is 18.3. The van der Waals surface area contributed by atoms with Crippen LogP contribution in [0, 0.1) is 3.57 Å². The summed E-state index contributed by atoms with van der Waals surface area (Å²) in [6, 6.07) is 24.3. The molecule has 3 aromatic rings. The number of carbonyl (C=O) groups is 2. The minimum Gasteiger partial charge on any atom is -0.484 e. The molecule has 0 unspecified atom stereocenters. The maximum absolute atomic E-state index is 13.4. The van der Waals surface area contributed by atoms with Crippen molar-refractivity contribution in [3.05, 3.63) is 98.0 Å². The number of ether oxygens (including phenoxy) is 1. The van der Waals surface area contributed by atoms with Gasteiger partial charge >= 0.3 is 0 Å². The summed E-state index contributed by atoms with van der Waals surface area (Å²) in [7, 11) is 0. The number of hydrogen-bond donors (Lipinski definition) is 1. The van der Waals surface area contributed by atoms with Crippen LogP contribution in [0.4, 0.5) is 0 Å². The second-order valence-corrected chi connectivity index (χ2v) is 9.66. The van der Waals surface area contributed by atoms with Crippen molar-refractivity contribution in [1.29, 1.82) is 0 Å². The van der Waals surface area contributed by atoms with Crippen LogP contribution in [0.2, 0.25) is 0 Å². The topological polar surface area (TPSA) is 58.6 Å². The van der Waals surface area contributed by atoms with E-state index in [1.165, 1.54) is 0 Å². The fourth-order valence-corrected chi connectivity index (χ4v) is 4.24. The molecule has 0 aliphatic rings. The fraction of sp³-hybridized carbons (Fsp3) is 0.231. The Bertz CT molecular complexity index is 1060. The highest BCUT2D eigenvalue weighted by atomic mass is 127. The van der Waals surface area contributed by atoms with Crippen LogP contribution < -0.4 is 10.1 Å². The smallest absolute Gasteiger partial charge is 0.261 e. The van der Waals surface area contributed by atoms with Gasteiger partial charge in [-0.15, -0.1) is 0 Å². The van der Waals surface area contributed by atoms with Gasteiger partial charge in [0, 0.05) is 27.6 Å². The maximum Gasteiger partial charge on any atom is 0.261 e. The van der Waals surface area contributed by atoms with Gasteiger partial charge in [0.1, 0.15) is 11.8 Å². The molecular weight excluding hydrogens is 595 g/mol. The molecule has 0 heterocycles. The van der Waals surface area contributed by atoms with E-state index >= 15 is 0 Å². The van der Waals surface area contributed by atoms with Crippen molar-refractivity contribution in [2.45, 2.75) is 25.9 Å². The van der Waals surface area contributed by atoms with E-state index in [1.807, 2.05) is 85.8 Å². The molecule has 0 bridgehead atoms. The summed E-state index contributed by atoms with van der Waals surface area (Å²) in [5, 5.41) is 2.89. The van der Waals surface area contributed by atoms with Gasteiger partial charge in [-0.3, -0.25) is 9.59 Å². The van der Waals surface area contributed by atoms with E-state index in [2.05, 4.69) is 43.8 Å². The average molecular weight is 621 g/mol. The third kappa shape index (κ3) is 7.85. The molecule has 0 aliphatic heterocycles. The van der Waals surface area contributed by atoms with Crippen molar-refractivity contribution < 1.29 is 14.3 Å². The molecule has 172 valence electrons. The molecule has 0 radical (unpaired) electrons. The lowest BCUT2D eigenvalue weighted by molar-refractivity contribution is -0.142. The highest BCUT2D eigenvalue weighted by molar-refractivity contribution is 14.1. The van der Waals surface area contributed by atoms with Crippen LogP contribution in [0.25, 0.3) is 0 Å². The summed E-state index contributed by atoms with van der Waals surface area (Å²) in [6.07, 6.45) is 0.413. The van der Waals surface area contributed by atoms with E-state index in [0.717, 1.165) is 19.2 Å². The molecule has 0 saturated carbocycles. The van der Waals surface area contributed by atoms with Crippen molar-refractivity contribution in [3.63, 3.8) is 0 Å². The molecule has 2 amide bonds. The summed E-state index contributed by atoms with van der Waals surface area (Å²) >= 11 is 5.71. The van der Waals surface area contributed by atoms with Crippen molar-refractivity contribution in [2.75, 3.05) is 13.2 Å². The third-order valence-corrected chi connectivity index (χ3v) is 6.25. The monoisotopic (exact) mass is 620 g/mol. The molecule has 33 heavy (non-hydrogen) atoms. The zero-order valence-corrected chi connectivity index (χ0v) is 22.1. The normalized spacial score (nSPS) is 11.5. The standard InChI is InChI=1S/C26H26BrIN2O3/c1-2-29-26(32)24(16-19-7-4-3-5-8-19)30(17-20-9-6-10-21(27)15-20)25(31)18-33-23-13-11-22(28)12-14-23/h3-15,24H,2,16-18H2,1H3,(H,29,32)/t24-/m1/s1. The highest BCUT2D eigenvalue weighted by Gasteiger charge is 2.30. The number of amides is 2. The first-order chi connectivity index (χ1) is 16.0. The van der Waals surface area contributed by atoms with E-state index in [-0.39, 0.29) is 18.4 Å². The lowest BCUT2D eigenvalue weighted by atomic mass is 10.0. The second-order valence-electron chi connectivity index (χ2n) is 7.49. The number of nitrogens with one attached hydrogen (secondary N) is 1. The molecular formula is C26H26BrIN2O3. The van der Waals surface area contributed by atoms with Gasteiger partial charge in [-0.25, -0.2) is 0 Å². The Labute approximate surface area is 216 Å². The molecule has 0 aromatic heterocycles. The predicted octanol–water partition coefficient (Wildman–Crippen LogP) is 5.21. The van der Waals surface area contributed by atoms with Gasteiger partial charge < -0.3 is 15.0 Å². The van der Waals surface area contributed by atoms with Gasteiger partial charge in [0.15, 0.2) is 6.61 Å². The minimum absolute atomic E-state index is 0.153. The summed E-state index contributed by atoms with van der Waals surface area (Å²) in [6.45, 7) is 2.50. The molecule has 7 heteroatoms. The van der Waals surface area contributed by atoms with Gasteiger partial charge in [0.05, 0.1) is 0 Å². The largest absolute Gasteiger partial charge is 0.484 e. The Kier molecular flexibility index (Phi) is 9.75. The van der Waals surface area contributed by atoms with Crippen LogP contribution in [0.3, 0.4) is 0 Å².